The minimum absolute atomic E-state index is 0.0311. The fraction of sp³-hybridized carbons (Fsp3) is 0.222. The zero-order valence-corrected chi connectivity index (χ0v) is 17.2. The lowest BCUT2D eigenvalue weighted by Crippen LogP contribution is -2.16. The van der Waals surface area contributed by atoms with Crippen molar-refractivity contribution in [3.63, 3.8) is 0 Å². The Morgan fingerprint density at radius 3 is 2.64 bits per heavy atom. The van der Waals surface area contributed by atoms with Crippen molar-refractivity contribution in [1.82, 2.24) is 20.2 Å². The molecule has 1 amide bonds. The minimum atomic E-state index is -3.45. The SMILES string of the molecule is Cc1ccc(-n2nnnc2SCC(=O)Nc2ccccc2S(C)(=O)=O)c(C)c1. The molecule has 0 fully saturated rings. The molecule has 0 aliphatic carbocycles. The number of aromatic nitrogens is 4. The van der Waals surface area contributed by atoms with Crippen molar-refractivity contribution >= 4 is 33.2 Å². The largest absolute Gasteiger partial charge is 0.324 e. The van der Waals surface area contributed by atoms with Crippen LogP contribution in [-0.4, -0.2) is 46.5 Å². The van der Waals surface area contributed by atoms with Crippen molar-refractivity contribution in [2.24, 2.45) is 0 Å². The monoisotopic (exact) mass is 417 g/mol. The maximum Gasteiger partial charge on any atom is 0.234 e. The number of aryl methyl sites for hydroxylation is 2. The molecule has 0 radical (unpaired) electrons. The Morgan fingerprint density at radius 1 is 1.18 bits per heavy atom. The van der Waals surface area contributed by atoms with Gasteiger partial charge in [-0.05, 0) is 48.0 Å². The van der Waals surface area contributed by atoms with Gasteiger partial charge in [-0.15, -0.1) is 5.10 Å². The van der Waals surface area contributed by atoms with E-state index in [0.717, 1.165) is 23.1 Å². The summed E-state index contributed by atoms with van der Waals surface area (Å²) in [5.74, 6) is -0.320. The Hall–Kier alpha value is -2.72. The number of nitrogens with one attached hydrogen (secondary N) is 1. The third-order valence-corrected chi connectivity index (χ3v) is 5.99. The van der Waals surface area contributed by atoms with Gasteiger partial charge in [-0.3, -0.25) is 4.79 Å². The molecule has 0 aliphatic rings. The Bertz CT molecular complexity index is 1130. The van der Waals surface area contributed by atoms with Crippen molar-refractivity contribution in [3.05, 3.63) is 53.6 Å². The number of hydrogen-bond donors (Lipinski definition) is 1. The summed E-state index contributed by atoms with van der Waals surface area (Å²) in [5.41, 5.74) is 3.23. The molecule has 0 atom stereocenters. The molecule has 28 heavy (non-hydrogen) atoms. The van der Waals surface area contributed by atoms with Crippen molar-refractivity contribution in [2.45, 2.75) is 23.9 Å². The van der Waals surface area contributed by atoms with Gasteiger partial charge < -0.3 is 5.32 Å². The number of rotatable bonds is 6. The number of anilines is 1. The second-order valence-corrected chi connectivity index (χ2v) is 9.20. The van der Waals surface area contributed by atoms with Crippen molar-refractivity contribution < 1.29 is 13.2 Å². The van der Waals surface area contributed by atoms with Crippen LogP contribution in [0.5, 0.6) is 0 Å². The summed E-state index contributed by atoms with van der Waals surface area (Å²) in [5, 5.41) is 14.8. The van der Waals surface area contributed by atoms with E-state index in [4.69, 9.17) is 0 Å². The van der Waals surface area contributed by atoms with E-state index in [1.807, 2.05) is 32.0 Å². The first-order valence-corrected chi connectivity index (χ1v) is 11.2. The lowest BCUT2D eigenvalue weighted by Gasteiger charge is -2.10. The van der Waals surface area contributed by atoms with Gasteiger partial charge in [0.05, 0.1) is 22.0 Å². The van der Waals surface area contributed by atoms with Gasteiger partial charge in [0.15, 0.2) is 9.84 Å². The predicted octanol–water partition coefficient (Wildman–Crippen LogP) is 2.41. The highest BCUT2D eigenvalue weighted by Gasteiger charge is 2.16. The molecule has 0 unspecified atom stereocenters. The number of carbonyl (C=O) groups excluding carboxylic acids is 1. The number of sulfone groups is 1. The van der Waals surface area contributed by atoms with Gasteiger partial charge in [-0.1, -0.05) is 41.6 Å². The number of benzene rings is 2. The highest BCUT2D eigenvalue weighted by Crippen LogP contribution is 2.23. The summed E-state index contributed by atoms with van der Waals surface area (Å²) in [7, 11) is -3.45. The molecule has 3 aromatic rings. The Balaban J connectivity index is 1.73. The highest BCUT2D eigenvalue weighted by atomic mass is 32.2. The van der Waals surface area contributed by atoms with E-state index in [0.29, 0.717) is 5.16 Å². The van der Waals surface area contributed by atoms with Crippen molar-refractivity contribution in [3.8, 4) is 5.69 Å². The highest BCUT2D eigenvalue weighted by molar-refractivity contribution is 7.99. The van der Waals surface area contributed by atoms with Gasteiger partial charge in [-0.25, -0.2) is 8.42 Å². The van der Waals surface area contributed by atoms with Gasteiger partial charge in [0, 0.05) is 6.26 Å². The van der Waals surface area contributed by atoms with Crippen LogP contribution in [-0.2, 0) is 14.6 Å². The van der Waals surface area contributed by atoms with Crippen LogP contribution in [0.2, 0.25) is 0 Å². The van der Waals surface area contributed by atoms with Gasteiger partial charge in [0.1, 0.15) is 0 Å². The second-order valence-electron chi connectivity index (χ2n) is 6.27. The topological polar surface area (TPSA) is 107 Å². The Labute approximate surface area is 167 Å². The summed E-state index contributed by atoms with van der Waals surface area (Å²) in [6.45, 7) is 3.97. The Kier molecular flexibility index (Phi) is 5.80. The molecule has 0 aliphatic heterocycles. The zero-order valence-electron chi connectivity index (χ0n) is 15.6. The van der Waals surface area contributed by atoms with Gasteiger partial charge in [-0.2, -0.15) is 4.68 Å². The van der Waals surface area contributed by atoms with Crippen LogP contribution in [0.4, 0.5) is 5.69 Å². The van der Waals surface area contributed by atoms with Gasteiger partial charge >= 0.3 is 0 Å². The molecule has 0 spiro atoms. The lowest BCUT2D eigenvalue weighted by molar-refractivity contribution is -0.113. The number of nitrogens with zero attached hydrogens (tertiary/aromatic N) is 4. The standard InChI is InChI=1S/C18H19N5O3S2/c1-12-8-9-15(13(2)10-12)23-18(20-21-22-23)27-11-17(24)19-14-6-4-5-7-16(14)28(3,25)26/h4-10H,11H2,1-3H3,(H,19,24). The zero-order chi connectivity index (χ0) is 20.3. The average molecular weight is 418 g/mol. The van der Waals surface area contributed by atoms with Crippen molar-refractivity contribution in [1.29, 1.82) is 0 Å². The number of amides is 1. The first-order valence-electron chi connectivity index (χ1n) is 8.33. The van der Waals surface area contributed by atoms with Crippen LogP contribution in [0, 0.1) is 13.8 Å². The molecule has 8 nitrogen and oxygen atoms in total. The first-order chi connectivity index (χ1) is 13.3. The molecule has 3 rings (SSSR count). The van der Waals surface area contributed by atoms with E-state index >= 15 is 0 Å². The second kappa shape index (κ2) is 8.11. The molecule has 2 aromatic carbocycles. The maximum absolute atomic E-state index is 12.3. The fourth-order valence-electron chi connectivity index (χ4n) is 2.67. The van der Waals surface area contributed by atoms with Crippen LogP contribution >= 0.6 is 11.8 Å². The van der Waals surface area contributed by atoms with Crippen LogP contribution in [0.1, 0.15) is 11.1 Å². The molecular formula is C18H19N5O3S2. The number of carbonyl (C=O) groups is 1. The molecular weight excluding hydrogens is 398 g/mol. The van der Waals surface area contributed by atoms with E-state index < -0.39 is 9.84 Å². The molecule has 1 heterocycles. The van der Waals surface area contributed by atoms with E-state index in [2.05, 4.69) is 20.8 Å². The predicted molar refractivity (Wildman–Crippen MR) is 108 cm³/mol. The van der Waals surface area contributed by atoms with Gasteiger partial charge in [0.2, 0.25) is 11.1 Å². The number of tetrazole rings is 1. The molecule has 0 saturated carbocycles. The molecule has 1 aromatic heterocycles. The third-order valence-electron chi connectivity index (χ3n) is 3.91. The average Bonchev–Trinajstić information content (AvgIpc) is 3.08. The molecule has 0 bridgehead atoms. The number of para-hydroxylation sites is 1. The van der Waals surface area contributed by atoms with Gasteiger partial charge in [0.25, 0.3) is 0 Å². The third kappa shape index (κ3) is 4.57. The summed E-state index contributed by atoms with van der Waals surface area (Å²) in [6, 6.07) is 12.2. The van der Waals surface area contributed by atoms with E-state index in [-0.39, 0.29) is 22.2 Å². The maximum atomic E-state index is 12.3. The number of thioether (sulfide) groups is 1. The molecule has 10 heteroatoms. The molecule has 146 valence electrons. The number of hydrogen-bond acceptors (Lipinski definition) is 7. The Morgan fingerprint density at radius 2 is 1.93 bits per heavy atom. The quantitative estimate of drug-likeness (QED) is 0.614. The van der Waals surface area contributed by atoms with Crippen molar-refractivity contribution in [2.75, 3.05) is 17.3 Å². The summed E-state index contributed by atoms with van der Waals surface area (Å²) in [6.07, 6.45) is 1.10. The summed E-state index contributed by atoms with van der Waals surface area (Å²) in [4.78, 5) is 12.4. The van der Waals surface area contributed by atoms with E-state index in [1.54, 1.807) is 22.9 Å². The van der Waals surface area contributed by atoms with Crippen LogP contribution in [0.3, 0.4) is 0 Å². The minimum Gasteiger partial charge on any atom is -0.324 e. The van der Waals surface area contributed by atoms with Crippen LogP contribution in [0.15, 0.2) is 52.5 Å². The first kappa shape index (κ1) is 20.0. The van der Waals surface area contributed by atoms with Crippen LogP contribution < -0.4 is 5.32 Å². The summed E-state index contributed by atoms with van der Waals surface area (Å²) < 4.78 is 25.3. The fourth-order valence-corrected chi connectivity index (χ4v) is 4.20. The summed E-state index contributed by atoms with van der Waals surface area (Å²) >= 11 is 1.17. The van der Waals surface area contributed by atoms with E-state index in [1.165, 1.54) is 17.8 Å². The van der Waals surface area contributed by atoms with E-state index in [9.17, 15) is 13.2 Å². The molecule has 0 saturated heterocycles. The molecule has 1 N–H and O–H groups in total. The normalized spacial score (nSPS) is 11.4. The van der Waals surface area contributed by atoms with Crippen LogP contribution in [0.25, 0.3) is 5.69 Å². The lowest BCUT2D eigenvalue weighted by atomic mass is 10.1. The smallest absolute Gasteiger partial charge is 0.234 e.